The predicted molar refractivity (Wildman–Crippen MR) is 91.7 cm³/mol. The molecule has 24 heavy (non-hydrogen) atoms. The zero-order valence-electron chi connectivity index (χ0n) is 13.0. The molecule has 0 unspecified atom stereocenters. The Morgan fingerprint density at radius 2 is 1.88 bits per heavy atom. The van der Waals surface area contributed by atoms with E-state index in [2.05, 4.69) is 5.32 Å². The highest BCUT2D eigenvalue weighted by atomic mass is 35.5. The first-order valence-electron chi connectivity index (χ1n) is 7.66. The van der Waals surface area contributed by atoms with E-state index in [1.54, 1.807) is 30.3 Å². The van der Waals surface area contributed by atoms with Gasteiger partial charge < -0.3 is 15.3 Å². The molecule has 2 aromatic rings. The van der Waals surface area contributed by atoms with Gasteiger partial charge in [-0.25, -0.2) is 0 Å². The monoisotopic (exact) mass is 344 g/mol. The minimum absolute atomic E-state index is 0.113. The molecule has 1 aliphatic heterocycles. The summed E-state index contributed by atoms with van der Waals surface area (Å²) in [4.78, 5) is 26.1. The Bertz CT molecular complexity index is 792. The molecular weight excluding hydrogens is 328 g/mol. The lowest BCUT2D eigenvalue weighted by atomic mass is 10.1. The second kappa shape index (κ2) is 7.03. The number of nitrogens with zero attached hydrogens (tertiary/aromatic N) is 1. The first kappa shape index (κ1) is 16.5. The fraction of sp³-hybridized carbons (Fsp3) is 0.222. The summed E-state index contributed by atoms with van der Waals surface area (Å²) in [5, 5.41) is 12.5. The van der Waals surface area contributed by atoms with Crippen molar-refractivity contribution < 1.29 is 14.7 Å². The molecule has 0 aromatic heterocycles. The molecule has 6 heteroatoms. The molecule has 0 atom stereocenters. The minimum atomic E-state index is -0.671. The summed E-state index contributed by atoms with van der Waals surface area (Å²) in [5.74, 6) is -1.27. The van der Waals surface area contributed by atoms with Crippen LogP contribution >= 0.6 is 11.6 Å². The van der Waals surface area contributed by atoms with Crippen molar-refractivity contribution in [1.82, 2.24) is 5.32 Å². The topological polar surface area (TPSA) is 69.6 Å². The maximum absolute atomic E-state index is 12.4. The van der Waals surface area contributed by atoms with Gasteiger partial charge in [0.2, 0.25) is 0 Å². The third kappa shape index (κ3) is 3.13. The maximum Gasteiger partial charge on any atom is 0.316 e. The van der Waals surface area contributed by atoms with Crippen LogP contribution in [-0.4, -0.2) is 23.5 Å². The highest BCUT2D eigenvalue weighted by Gasteiger charge is 2.30. The molecule has 2 amide bonds. The van der Waals surface area contributed by atoms with Crippen LogP contribution in [0.1, 0.15) is 16.7 Å². The zero-order chi connectivity index (χ0) is 17.1. The largest absolute Gasteiger partial charge is 0.392 e. The molecule has 0 bridgehead atoms. The molecule has 5 nitrogen and oxygen atoms in total. The highest BCUT2D eigenvalue weighted by Crippen LogP contribution is 2.33. The van der Waals surface area contributed by atoms with E-state index in [9.17, 15) is 14.7 Å². The molecular formula is C18H17ClN2O3. The van der Waals surface area contributed by atoms with Gasteiger partial charge in [0.1, 0.15) is 0 Å². The van der Waals surface area contributed by atoms with E-state index >= 15 is 0 Å². The molecule has 3 rings (SSSR count). The van der Waals surface area contributed by atoms with E-state index in [4.69, 9.17) is 11.6 Å². The molecule has 124 valence electrons. The number of aliphatic hydroxyl groups excluding tert-OH is 1. The number of hydrogen-bond donors (Lipinski definition) is 2. The Hall–Kier alpha value is -2.37. The van der Waals surface area contributed by atoms with Crippen LogP contribution in [-0.2, 0) is 29.2 Å². The predicted octanol–water partition coefficient (Wildman–Crippen LogP) is 2.04. The number of aliphatic hydroxyl groups is 1. The Morgan fingerprint density at radius 1 is 1.12 bits per heavy atom. The normalized spacial score (nSPS) is 12.8. The van der Waals surface area contributed by atoms with Crippen molar-refractivity contribution in [2.45, 2.75) is 19.6 Å². The molecule has 0 radical (unpaired) electrons. The SMILES string of the molecule is O=C(NCc1ccccc1CO)C(=O)N1CCc2c(Cl)cccc21. The van der Waals surface area contributed by atoms with Gasteiger partial charge in [-0.3, -0.25) is 9.59 Å². The molecule has 2 aromatic carbocycles. The third-order valence-corrected chi connectivity index (χ3v) is 4.49. The second-order valence-electron chi connectivity index (χ2n) is 5.55. The van der Waals surface area contributed by atoms with E-state index in [-0.39, 0.29) is 13.2 Å². The van der Waals surface area contributed by atoms with Crippen molar-refractivity contribution in [3.05, 3.63) is 64.2 Å². The van der Waals surface area contributed by atoms with E-state index < -0.39 is 11.8 Å². The van der Waals surface area contributed by atoms with Crippen LogP contribution in [0.3, 0.4) is 0 Å². The van der Waals surface area contributed by atoms with Gasteiger partial charge in [0.25, 0.3) is 0 Å². The Morgan fingerprint density at radius 3 is 2.62 bits per heavy atom. The number of amides is 2. The summed E-state index contributed by atoms with van der Waals surface area (Å²) in [7, 11) is 0. The summed E-state index contributed by atoms with van der Waals surface area (Å²) in [6.07, 6.45) is 0.640. The fourth-order valence-corrected chi connectivity index (χ4v) is 3.12. The molecule has 0 saturated heterocycles. The Balaban J connectivity index is 1.69. The number of carbonyl (C=O) groups excluding carboxylic acids is 2. The van der Waals surface area contributed by atoms with Gasteiger partial charge in [-0.05, 0) is 35.2 Å². The first-order valence-corrected chi connectivity index (χ1v) is 8.04. The standard InChI is InChI=1S/C18H17ClN2O3/c19-15-6-3-7-16-14(15)8-9-21(16)18(24)17(23)20-10-12-4-1-2-5-13(12)11-22/h1-7,22H,8-11H2,(H,20,23). The number of benzene rings is 2. The van der Waals surface area contributed by atoms with Gasteiger partial charge in [-0.2, -0.15) is 0 Å². The number of nitrogens with one attached hydrogen (secondary N) is 1. The molecule has 0 saturated carbocycles. The van der Waals surface area contributed by atoms with Crippen molar-refractivity contribution in [1.29, 1.82) is 0 Å². The average molecular weight is 345 g/mol. The van der Waals surface area contributed by atoms with Crippen LogP contribution in [0, 0.1) is 0 Å². The number of hydrogen-bond acceptors (Lipinski definition) is 3. The molecule has 2 N–H and O–H groups in total. The highest BCUT2D eigenvalue weighted by molar-refractivity contribution is 6.41. The zero-order valence-corrected chi connectivity index (χ0v) is 13.7. The lowest BCUT2D eigenvalue weighted by molar-refractivity contribution is -0.137. The van der Waals surface area contributed by atoms with Crippen LogP contribution in [0.25, 0.3) is 0 Å². The second-order valence-corrected chi connectivity index (χ2v) is 5.96. The van der Waals surface area contributed by atoms with Gasteiger partial charge in [0.05, 0.1) is 6.61 Å². The summed E-state index contributed by atoms with van der Waals surface area (Å²) < 4.78 is 0. The minimum Gasteiger partial charge on any atom is -0.392 e. The van der Waals surface area contributed by atoms with Gasteiger partial charge in [-0.1, -0.05) is 41.9 Å². The molecule has 0 spiro atoms. The van der Waals surface area contributed by atoms with E-state index in [1.807, 2.05) is 12.1 Å². The smallest absolute Gasteiger partial charge is 0.316 e. The van der Waals surface area contributed by atoms with Gasteiger partial charge in [0.15, 0.2) is 0 Å². The molecule has 1 heterocycles. The lowest BCUT2D eigenvalue weighted by Gasteiger charge is -2.17. The van der Waals surface area contributed by atoms with Crippen LogP contribution in [0.4, 0.5) is 5.69 Å². The van der Waals surface area contributed by atoms with Crippen LogP contribution in [0.2, 0.25) is 5.02 Å². The quantitative estimate of drug-likeness (QED) is 0.837. The van der Waals surface area contributed by atoms with Gasteiger partial charge in [-0.15, -0.1) is 0 Å². The fourth-order valence-electron chi connectivity index (χ4n) is 2.86. The summed E-state index contributed by atoms with van der Waals surface area (Å²) >= 11 is 6.13. The third-order valence-electron chi connectivity index (χ3n) is 4.14. The number of carbonyl (C=O) groups is 2. The van der Waals surface area contributed by atoms with Gasteiger partial charge in [0, 0.05) is 23.8 Å². The van der Waals surface area contributed by atoms with E-state index in [1.165, 1.54) is 4.90 Å². The Kier molecular flexibility index (Phi) is 4.83. The van der Waals surface area contributed by atoms with Crippen molar-refractivity contribution in [3.8, 4) is 0 Å². The van der Waals surface area contributed by atoms with Gasteiger partial charge >= 0.3 is 11.8 Å². The van der Waals surface area contributed by atoms with Crippen molar-refractivity contribution >= 4 is 29.1 Å². The van der Waals surface area contributed by atoms with Crippen LogP contribution < -0.4 is 10.2 Å². The van der Waals surface area contributed by atoms with Crippen molar-refractivity contribution in [3.63, 3.8) is 0 Å². The molecule has 1 aliphatic rings. The molecule has 0 fully saturated rings. The summed E-state index contributed by atoms with van der Waals surface area (Å²) in [6, 6.07) is 12.6. The number of halogens is 1. The van der Waals surface area contributed by atoms with Crippen molar-refractivity contribution in [2.75, 3.05) is 11.4 Å². The number of rotatable bonds is 3. The van der Waals surface area contributed by atoms with Crippen molar-refractivity contribution in [2.24, 2.45) is 0 Å². The number of anilines is 1. The lowest BCUT2D eigenvalue weighted by Crippen LogP contribution is -2.42. The molecule has 0 aliphatic carbocycles. The Labute approximate surface area is 144 Å². The van der Waals surface area contributed by atoms with Crippen LogP contribution in [0.15, 0.2) is 42.5 Å². The maximum atomic E-state index is 12.4. The summed E-state index contributed by atoms with van der Waals surface area (Å²) in [6.45, 7) is 0.522. The first-order chi connectivity index (χ1) is 11.6. The summed E-state index contributed by atoms with van der Waals surface area (Å²) in [5.41, 5.74) is 3.10. The van der Waals surface area contributed by atoms with E-state index in [0.717, 1.165) is 16.7 Å². The van der Waals surface area contributed by atoms with E-state index in [0.29, 0.717) is 23.7 Å². The number of fused-ring (bicyclic) bond motifs is 1. The van der Waals surface area contributed by atoms with Crippen LogP contribution in [0.5, 0.6) is 0 Å². The average Bonchev–Trinajstić information content (AvgIpc) is 3.04.